The molecule has 1 nitrogen and oxygen atoms in total. The third-order valence-corrected chi connectivity index (χ3v) is 13.6. The fourth-order valence-electron chi connectivity index (χ4n) is 10.4. The molecular formula is C64H49N. The summed E-state index contributed by atoms with van der Waals surface area (Å²) in [7, 11) is 0. The maximum atomic E-state index is 4.09. The van der Waals surface area contributed by atoms with Crippen LogP contribution in [0.2, 0.25) is 0 Å². The molecule has 0 spiro atoms. The first kappa shape index (κ1) is 39.8. The monoisotopic (exact) mass is 831 g/mol. The molecule has 0 aromatic heterocycles. The lowest BCUT2D eigenvalue weighted by Gasteiger charge is -2.37. The molecule has 0 fully saturated rings. The molecule has 0 amide bonds. The van der Waals surface area contributed by atoms with E-state index in [1.54, 1.807) is 0 Å². The maximum Gasteiger partial charge on any atom is 0.0468 e. The Kier molecular flexibility index (Phi) is 10.2. The number of hydrogen-bond donors (Lipinski definition) is 0. The van der Waals surface area contributed by atoms with E-state index in [2.05, 4.69) is 262 Å². The molecule has 310 valence electrons. The molecule has 9 aromatic rings. The second kappa shape index (κ2) is 16.6. The first-order valence-electron chi connectivity index (χ1n) is 22.7. The Morgan fingerprint density at radius 3 is 1.74 bits per heavy atom. The van der Waals surface area contributed by atoms with Gasteiger partial charge >= 0.3 is 0 Å². The smallest absolute Gasteiger partial charge is 0.0468 e. The minimum absolute atomic E-state index is 0.0371. The molecule has 2 aliphatic carbocycles. The third kappa shape index (κ3) is 6.98. The van der Waals surface area contributed by atoms with Crippen molar-refractivity contribution < 1.29 is 0 Å². The summed E-state index contributed by atoms with van der Waals surface area (Å²) in [5, 5.41) is 7.42. The Hall–Kier alpha value is -8.00. The molecule has 0 N–H and O–H groups in total. The van der Waals surface area contributed by atoms with Gasteiger partial charge in [-0.3, -0.25) is 0 Å². The highest BCUT2D eigenvalue weighted by molar-refractivity contribution is 6.33. The van der Waals surface area contributed by atoms with Gasteiger partial charge in [0, 0.05) is 28.4 Å². The number of nitrogens with zero attached hydrogens (tertiary/aromatic N) is 1. The van der Waals surface area contributed by atoms with Crippen LogP contribution in [0.1, 0.15) is 25.0 Å². The van der Waals surface area contributed by atoms with Crippen LogP contribution in [-0.4, -0.2) is 0 Å². The predicted octanol–water partition coefficient (Wildman–Crippen LogP) is 17.9. The molecule has 0 radical (unpaired) electrons. The summed E-state index contributed by atoms with van der Waals surface area (Å²) in [6.07, 6.45) is 19.9. The van der Waals surface area contributed by atoms with Gasteiger partial charge in [0.1, 0.15) is 0 Å². The average molecular weight is 832 g/mol. The van der Waals surface area contributed by atoms with E-state index in [1.807, 2.05) is 6.08 Å². The fourth-order valence-corrected chi connectivity index (χ4v) is 10.4. The summed E-state index contributed by atoms with van der Waals surface area (Å²) in [6.45, 7) is 8.48. The summed E-state index contributed by atoms with van der Waals surface area (Å²) in [5.41, 5.74) is 15.3. The van der Waals surface area contributed by atoms with Gasteiger partial charge in [0.2, 0.25) is 0 Å². The zero-order valence-electron chi connectivity index (χ0n) is 36.8. The van der Waals surface area contributed by atoms with Gasteiger partial charge < -0.3 is 4.90 Å². The maximum absolute atomic E-state index is 4.09. The zero-order valence-corrected chi connectivity index (χ0v) is 36.8. The van der Waals surface area contributed by atoms with Crippen LogP contribution in [0, 0.1) is 11.3 Å². The van der Waals surface area contributed by atoms with Gasteiger partial charge in [-0.25, -0.2) is 0 Å². The van der Waals surface area contributed by atoms with Crippen LogP contribution in [-0.2, 0) is 0 Å². The van der Waals surface area contributed by atoms with Crippen molar-refractivity contribution in [3.63, 3.8) is 0 Å². The first-order chi connectivity index (χ1) is 32.0. The van der Waals surface area contributed by atoms with Crippen molar-refractivity contribution in [1.82, 2.24) is 0 Å². The minimum atomic E-state index is -0.0371. The van der Waals surface area contributed by atoms with E-state index >= 15 is 0 Å². The highest BCUT2D eigenvalue weighted by Crippen LogP contribution is 2.51. The topological polar surface area (TPSA) is 3.24 Å². The van der Waals surface area contributed by atoms with Gasteiger partial charge in [-0.1, -0.05) is 214 Å². The van der Waals surface area contributed by atoms with Crippen molar-refractivity contribution in [2.24, 2.45) is 11.3 Å². The van der Waals surface area contributed by atoms with Crippen molar-refractivity contribution in [1.29, 1.82) is 0 Å². The molecule has 65 heavy (non-hydrogen) atoms. The summed E-state index contributed by atoms with van der Waals surface area (Å²) >= 11 is 0. The molecular weight excluding hydrogens is 783 g/mol. The van der Waals surface area contributed by atoms with Crippen molar-refractivity contribution in [2.45, 2.75) is 13.8 Å². The summed E-state index contributed by atoms with van der Waals surface area (Å²) in [5.74, 6) is 0.284. The van der Waals surface area contributed by atoms with Crippen molar-refractivity contribution in [3.8, 4) is 33.4 Å². The molecule has 1 heteroatoms. The summed E-state index contributed by atoms with van der Waals surface area (Å²) in [6, 6.07) is 69.4. The van der Waals surface area contributed by atoms with Crippen LogP contribution < -0.4 is 4.90 Å². The predicted molar refractivity (Wildman–Crippen MR) is 281 cm³/mol. The molecule has 0 heterocycles. The summed E-state index contributed by atoms with van der Waals surface area (Å²) in [4.78, 5) is 2.41. The van der Waals surface area contributed by atoms with Crippen molar-refractivity contribution in [3.05, 3.63) is 260 Å². The lowest BCUT2D eigenvalue weighted by Crippen LogP contribution is -2.26. The Balaban J connectivity index is 1.17. The van der Waals surface area contributed by atoms with Gasteiger partial charge in [-0.15, -0.1) is 0 Å². The SMILES string of the molecule is C=C/C(=C\C)c1ccc(N(c2ccc(C3=CC=CC4(C)C=CC=CC34)cc2)c2ccc3c(c2)c2ccccc2c2c(-c4ccccc4)cc(-c4ccccc4)c(-c4ccccc4)c32)cc1. The first-order valence-corrected chi connectivity index (χ1v) is 22.7. The van der Waals surface area contributed by atoms with Gasteiger partial charge in [0.15, 0.2) is 0 Å². The molecule has 11 rings (SSSR count). The van der Waals surface area contributed by atoms with Gasteiger partial charge in [0.25, 0.3) is 0 Å². The number of allylic oxidation sites excluding steroid dienone is 11. The highest BCUT2D eigenvalue weighted by atomic mass is 15.1. The second-order valence-electron chi connectivity index (χ2n) is 17.4. The van der Waals surface area contributed by atoms with E-state index in [4.69, 9.17) is 0 Å². The van der Waals surface area contributed by atoms with Crippen LogP contribution in [0.25, 0.3) is 76.8 Å². The van der Waals surface area contributed by atoms with E-state index in [0.717, 1.165) is 28.2 Å². The molecule has 2 aliphatic rings. The standard InChI is InChI=1S/C64H49N/c1-4-44(5-2)45-30-34-50(35-31-45)65(51-36-32-48(33-37-51)53-28-19-41-64(3)40-18-17-29-60(53)64)52-38-39-56-59(42-52)54-26-15-16-27-55(54)62-58(47-22-11-7-12-23-47)43-57(46-20-9-6-10-21-46)61(63(56)62)49-24-13-8-14-25-49/h4-43,60H,1H2,2-3H3/b44-5+. The molecule has 0 saturated heterocycles. The Bertz CT molecular complexity index is 3420. The number of anilines is 3. The average Bonchev–Trinajstić information content (AvgIpc) is 3.37. The Morgan fingerprint density at radius 2 is 1.08 bits per heavy atom. The van der Waals surface area contributed by atoms with E-state index in [0.29, 0.717) is 0 Å². The second-order valence-corrected chi connectivity index (χ2v) is 17.4. The van der Waals surface area contributed by atoms with Gasteiger partial charge in [-0.2, -0.15) is 0 Å². The van der Waals surface area contributed by atoms with E-state index in [9.17, 15) is 0 Å². The molecule has 2 unspecified atom stereocenters. The zero-order chi connectivity index (χ0) is 43.9. The highest BCUT2D eigenvalue weighted by Gasteiger charge is 2.34. The number of fused-ring (bicyclic) bond motifs is 7. The van der Waals surface area contributed by atoms with E-state index in [1.165, 1.54) is 76.8 Å². The molecule has 0 saturated carbocycles. The van der Waals surface area contributed by atoms with Crippen LogP contribution >= 0.6 is 0 Å². The fraction of sp³-hybridized carbons (Fsp3) is 0.0625. The molecule has 0 aliphatic heterocycles. The molecule has 9 aromatic carbocycles. The Labute approximate surface area is 382 Å². The normalized spacial score (nSPS) is 16.7. The third-order valence-electron chi connectivity index (χ3n) is 13.6. The van der Waals surface area contributed by atoms with Crippen molar-refractivity contribution >= 4 is 60.5 Å². The van der Waals surface area contributed by atoms with Crippen LogP contribution in [0.5, 0.6) is 0 Å². The van der Waals surface area contributed by atoms with Crippen LogP contribution in [0.15, 0.2) is 249 Å². The van der Waals surface area contributed by atoms with E-state index in [-0.39, 0.29) is 11.3 Å². The molecule has 2 atom stereocenters. The largest absolute Gasteiger partial charge is 0.310 e. The minimum Gasteiger partial charge on any atom is -0.310 e. The Morgan fingerprint density at radius 1 is 0.508 bits per heavy atom. The van der Waals surface area contributed by atoms with Gasteiger partial charge in [0.05, 0.1) is 0 Å². The molecule has 0 bridgehead atoms. The van der Waals surface area contributed by atoms with Crippen molar-refractivity contribution in [2.75, 3.05) is 4.90 Å². The van der Waals surface area contributed by atoms with Gasteiger partial charge in [-0.05, 0) is 137 Å². The number of benzene rings is 9. The lowest BCUT2D eigenvalue weighted by molar-refractivity contribution is 0.464. The van der Waals surface area contributed by atoms with Crippen LogP contribution in [0.3, 0.4) is 0 Å². The van der Waals surface area contributed by atoms with E-state index < -0.39 is 0 Å². The van der Waals surface area contributed by atoms with Crippen LogP contribution in [0.4, 0.5) is 17.1 Å². The summed E-state index contributed by atoms with van der Waals surface area (Å²) < 4.78 is 0. The quantitative estimate of drug-likeness (QED) is 0.103. The number of rotatable bonds is 9. The number of hydrogen-bond acceptors (Lipinski definition) is 1. The lowest BCUT2D eigenvalue weighted by atomic mass is 9.67.